The molecular formula is C119H155N13O12S4. The Morgan fingerprint density at radius 2 is 0.581 bits per heavy atom. The Hall–Kier alpha value is -11.6. The van der Waals surface area contributed by atoms with E-state index in [1.807, 2.05) is 62.4 Å². The van der Waals surface area contributed by atoms with Gasteiger partial charge in [-0.2, -0.15) is 21.0 Å². The quantitative estimate of drug-likeness (QED) is 0.0175. The van der Waals surface area contributed by atoms with E-state index in [-0.39, 0.29) is 174 Å². The molecule has 5 amide bonds. The standard InChI is InChI=1S/C31H41N3O3S.C30H39N3O3S.C29H38N4O3S.C29H37N3O3S/c1-5-9-25(35)16-24(18-30-33-27-13-12-23(20(2)3)17-29(27)38-30)31(37)34-26(22-10-7-6-8-11-22)14-15-28(36)21(4)19-32;1-5-24(34)15-23(17-29-32-26-12-11-22(19(2)3)16-28(26)37-29)30(36)33-25(21-9-7-6-8-10-21)13-14-27(35)20(4)18-31;1-18(2)21-10-11-24-26(14-21)37-28(32-24)16-22(15-27(35)31-4)29(36)33-23(20-8-6-5-7-9-20)12-13-25(34)19(3)17-30;1-18(2)22-10-11-25-27(15-22)36-28(31-25)16-23(14-20(4)33)29(35)32-24(21-8-6-5-7-9-21)12-13-26(34)19(3)17-30/h12-13,17,20,22,24,26H,4-11,14-16,18H2,1-3H3,(H,34,37);11-12,16,19,21,23,25H,4-10,13-15,17H2,1-3H3,(H,33,36);10-11,14,18,20,22-23H,3,5-9,12-13,15-16H2,1-2,4H3,(H,31,35)(H,33,36);10-11,15,18,21,23-24H,3,5-9,12-14,16H2,1-2,4H3,(H,32,35)/t24-,26+;23-,25+;22-,23+;23-,24+/m0000/s1. The first-order chi connectivity index (χ1) is 70.8. The molecular weight excluding hydrogens is 1930 g/mol. The van der Waals surface area contributed by atoms with Crippen molar-refractivity contribution in [2.75, 3.05) is 7.05 Å². The summed E-state index contributed by atoms with van der Waals surface area (Å²) in [6.45, 7) is 36.7. The molecule has 0 bridgehead atoms. The van der Waals surface area contributed by atoms with Gasteiger partial charge >= 0.3 is 0 Å². The number of aromatic nitrogens is 4. The van der Waals surface area contributed by atoms with E-state index in [0.717, 1.165) is 170 Å². The summed E-state index contributed by atoms with van der Waals surface area (Å²) in [5.74, 6) is -1.08. The van der Waals surface area contributed by atoms with E-state index in [4.69, 9.17) is 41.0 Å². The maximum absolute atomic E-state index is 13.7. The van der Waals surface area contributed by atoms with Gasteiger partial charge in [0, 0.05) is 121 Å². The number of thiazole rings is 4. The molecule has 4 aliphatic carbocycles. The molecule has 0 aliphatic heterocycles. The summed E-state index contributed by atoms with van der Waals surface area (Å²) >= 11 is 6.33. The van der Waals surface area contributed by atoms with E-state index >= 15 is 0 Å². The maximum atomic E-state index is 13.7. The first-order valence-corrected chi connectivity index (χ1v) is 57.1. The Labute approximate surface area is 891 Å². The molecule has 0 radical (unpaired) electrons. The molecule has 0 unspecified atom stereocenters. The summed E-state index contributed by atoms with van der Waals surface area (Å²) in [6, 6.07) is 31.8. The van der Waals surface area contributed by atoms with Crippen LogP contribution >= 0.6 is 45.3 Å². The van der Waals surface area contributed by atoms with Crippen molar-refractivity contribution >= 4 is 156 Å². The highest BCUT2D eigenvalue weighted by Crippen LogP contribution is 2.39. The second kappa shape index (κ2) is 60.9. The maximum Gasteiger partial charge on any atom is 0.224 e. The SMILES string of the molecule is C=C(C#N)C(=O)CC[C@@H](NC(=O)[C@@H](CC(=O)CC)Cc1nc2ccc(C(C)C)cc2s1)C1CCCCC1.C=C(C#N)C(=O)CC[C@@H](NC(=O)[C@@H](CC(=O)CCC)Cc1nc2ccc(C(C)C)cc2s1)C1CCCCC1.C=C(C#N)C(=O)CC[C@@H](NC(=O)[C@@H](CC(=O)NC)Cc1nc2ccc(C(C)C)cc2s1)C1CCCCC1.C=C(C#N)C(=O)CC[C@@H](NC(=O)[C@@H](CC(C)=O)Cc1nc2ccc(C(C)C)cc2s1)C1CCCCC1. The van der Waals surface area contributed by atoms with Crippen molar-refractivity contribution in [1.82, 2.24) is 46.5 Å². The van der Waals surface area contributed by atoms with Crippen LogP contribution in [0.25, 0.3) is 40.9 Å². The average Bonchev–Trinajstić information content (AvgIpc) is 1.69. The number of nitriles is 4. The van der Waals surface area contributed by atoms with E-state index in [1.54, 1.807) is 52.4 Å². The van der Waals surface area contributed by atoms with Gasteiger partial charge in [0.2, 0.25) is 29.5 Å². The van der Waals surface area contributed by atoms with E-state index in [2.05, 4.69) is 157 Å². The smallest absolute Gasteiger partial charge is 0.224 e. The van der Waals surface area contributed by atoms with Gasteiger partial charge in [0.1, 0.15) is 41.6 Å². The number of allylic oxidation sites excluding steroid dienone is 4. The highest BCUT2D eigenvalue weighted by atomic mass is 32.1. The van der Waals surface area contributed by atoms with Gasteiger partial charge in [-0.1, -0.05) is 197 Å². The molecule has 4 heterocycles. The van der Waals surface area contributed by atoms with Gasteiger partial charge in [-0.3, -0.25) is 52.7 Å². The summed E-state index contributed by atoms with van der Waals surface area (Å²) in [6.07, 6.45) is 28.0. The third-order valence-electron chi connectivity index (χ3n) is 29.6. The van der Waals surface area contributed by atoms with Gasteiger partial charge in [-0.15, -0.1) is 45.3 Å². The molecule has 4 aromatic carbocycles. The van der Waals surface area contributed by atoms with Crippen LogP contribution in [0, 0.1) is 92.7 Å². The number of rotatable bonds is 51. The third kappa shape index (κ3) is 37.8. The largest absolute Gasteiger partial charge is 0.359 e. The van der Waals surface area contributed by atoms with Crippen LogP contribution in [-0.2, 0) is 83.2 Å². The summed E-state index contributed by atoms with van der Waals surface area (Å²) in [5, 5.41) is 54.9. The minimum Gasteiger partial charge on any atom is -0.359 e. The molecule has 148 heavy (non-hydrogen) atoms. The highest BCUT2D eigenvalue weighted by molar-refractivity contribution is 7.19. The summed E-state index contributed by atoms with van der Waals surface area (Å²) in [7, 11) is 1.57. The number of nitrogens with one attached hydrogen (secondary N) is 5. The van der Waals surface area contributed by atoms with Crippen LogP contribution in [-0.4, -0.2) is 121 Å². The second-order valence-corrected chi connectivity index (χ2v) is 46.7. The number of amides is 5. The van der Waals surface area contributed by atoms with E-state index < -0.39 is 23.7 Å². The fourth-order valence-corrected chi connectivity index (χ4v) is 24.8. The van der Waals surface area contributed by atoms with Crippen LogP contribution in [0.15, 0.2) is 121 Å². The lowest BCUT2D eigenvalue weighted by atomic mass is 9.81. The van der Waals surface area contributed by atoms with Crippen molar-refractivity contribution in [3.8, 4) is 24.3 Å². The molecule has 792 valence electrons. The Morgan fingerprint density at radius 1 is 0.345 bits per heavy atom. The lowest BCUT2D eigenvalue weighted by Crippen LogP contribution is -2.45. The molecule has 8 aromatic rings. The number of carbonyl (C=O) groups is 12. The van der Waals surface area contributed by atoms with Gasteiger partial charge in [-0.05, 0) is 209 Å². The van der Waals surface area contributed by atoms with Crippen LogP contribution in [0.5, 0.6) is 0 Å². The Bertz CT molecular complexity index is 5970. The predicted octanol–water partition coefficient (Wildman–Crippen LogP) is 24.5. The number of hydrogen-bond acceptors (Lipinski definition) is 24. The van der Waals surface area contributed by atoms with Gasteiger partial charge in [0.15, 0.2) is 23.1 Å². The zero-order chi connectivity index (χ0) is 108. The normalized spacial score (nSPS) is 15.7. The van der Waals surface area contributed by atoms with E-state index in [1.165, 1.54) is 54.9 Å². The molecule has 0 saturated heterocycles. The minimum absolute atomic E-state index is 0.0342. The second-order valence-electron chi connectivity index (χ2n) is 42.2. The molecule has 12 rings (SSSR count). The van der Waals surface area contributed by atoms with Crippen molar-refractivity contribution in [3.63, 3.8) is 0 Å². The minimum atomic E-state index is -0.569. The summed E-state index contributed by atoms with van der Waals surface area (Å²) in [4.78, 5) is 172. The molecule has 4 aliphatic rings. The summed E-state index contributed by atoms with van der Waals surface area (Å²) < 4.78 is 4.37. The van der Waals surface area contributed by atoms with Crippen molar-refractivity contribution < 1.29 is 57.5 Å². The number of carbonyl (C=O) groups excluding carboxylic acids is 12. The van der Waals surface area contributed by atoms with E-state index in [9.17, 15) is 57.5 Å². The Morgan fingerprint density at radius 3 is 0.797 bits per heavy atom. The van der Waals surface area contributed by atoms with Crippen LogP contribution in [0.1, 0.15) is 367 Å². The molecule has 25 nitrogen and oxygen atoms in total. The zero-order valence-electron chi connectivity index (χ0n) is 89.2. The topological polar surface area (TPSA) is 412 Å². The Balaban J connectivity index is 0.000000219. The third-order valence-corrected chi connectivity index (χ3v) is 33.7. The van der Waals surface area contributed by atoms with Crippen LogP contribution in [0.3, 0.4) is 0 Å². The molecule has 4 saturated carbocycles. The molecule has 0 spiro atoms. The molecule has 29 heteroatoms. The molecule has 4 fully saturated rings. The van der Waals surface area contributed by atoms with Crippen molar-refractivity contribution in [2.45, 2.75) is 374 Å². The van der Waals surface area contributed by atoms with Crippen molar-refractivity contribution in [3.05, 3.63) is 164 Å². The molecule has 8 atom stereocenters. The first kappa shape index (κ1) is 120. The average molecular weight is 2090 g/mol. The van der Waals surface area contributed by atoms with Crippen molar-refractivity contribution in [1.29, 1.82) is 21.0 Å². The lowest BCUT2D eigenvalue weighted by Gasteiger charge is -2.32. The van der Waals surface area contributed by atoms with Gasteiger partial charge in [0.05, 0.1) is 107 Å². The van der Waals surface area contributed by atoms with Gasteiger partial charge in [0.25, 0.3) is 0 Å². The number of benzene rings is 4. The van der Waals surface area contributed by atoms with Crippen LogP contribution in [0.4, 0.5) is 0 Å². The van der Waals surface area contributed by atoms with E-state index in [0.29, 0.717) is 106 Å². The number of ketones is 7. The number of nitrogens with zero attached hydrogens (tertiary/aromatic N) is 8. The van der Waals surface area contributed by atoms with Gasteiger partial charge in [-0.25, -0.2) is 19.9 Å². The van der Waals surface area contributed by atoms with Crippen LogP contribution in [0.2, 0.25) is 0 Å². The Kier molecular flexibility index (Phi) is 49.3. The number of Topliss-reactive ketones (excluding diaryl/α,β-unsaturated/α-hetero) is 7. The number of fused-ring (bicyclic) bond motifs is 4. The first-order valence-electron chi connectivity index (χ1n) is 53.8. The zero-order valence-corrected chi connectivity index (χ0v) is 92.4. The molecule has 5 N–H and O–H groups in total. The summed E-state index contributed by atoms with van der Waals surface area (Å²) in [5.41, 5.74) is 8.47. The predicted molar refractivity (Wildman–Crippen MR) is 592 cm³/mol. The molecule has 4 aromatic heterocycles. The monoisotopic (exact) mass is 2090 g/mol. The highest BCUT2D eigenvalue weighted by Gasteiger charge is 2.37. The number of hydrogen-bond donors (Lipinski definition) is 5. The van der Waals surface area contributed by atoms with Gasteiger partial charge < -0.3 is 31.4 Å². The van der Waals surface area contributed by atoms with Crippen molar-refractivity contribution in [2.24, 2.45) is 47.3 Å². The van der Waals surface area contributed by atoms with Crippen LogP contribution < -0.4 is 26.6 Å². The fourth-order valence-electron chi connectivity index (χ4n) is 20.4. The fraction of sp³-hybridized carbons (Fsp3) is 0.563. The lowest BCUT2D eigenvalue weighted by molar-refractivity contribution is -0.131.